The molecule has 35 heavy (non-hydrogen) atoms. The Bertz CT molecular complexity index is 1370. The first-order chi connectivity index (χ1) is 16.3. The van der Waals surface area contributed by atoms with Crippen molar-refractivity contribution in [3.8, 4) is 23.0 Å². The van der Waals surface area contributed by atoms with Gasteiger partial charge in [-0.15, -0.1) is 0 Å². The highest BCUT2D eigenvalue weighted by Crippen LogP contribution is 2.46. The summed E-state index contributed by atoms with van der Waals surface area (Å²) in [6.07, 6.45) is 0. The van der Waals surface area contributed by atoms with Crippen molar-refractivity contribution < 1.29 is 29.6 Å². The van der Waals surface area contributed by atoms with Crippen LogP contribution in [0.2, 0.25) is 0 Å². The number of aromatic hydroxyl groups is 2. The number of hydrogen-bond acceptors (Lipinski definition) is 6. The summed E-state index contributed by atoms with van der Waals surface area (Å²) >= 11 is 0. The highest BCUT2D eigenvalue weighted by molar-refractivity contribution is 6.52. The number of aliphatic hydroxyl groups excluding tert-OH is 1. The third-order valence-corrected chi connectivity index (χ3v) is 6.13. The van der Waals surface area contributed by atoms with Crippen LogP contribution in [0.1, 0.15) is 59.6 Å². The van der Waals surface area contributed by atoms with E-state index < -0.39 is 5.78 Å². The number of benzene rings is 2. The predicted molar refractivity (Wildman–Crippen MR) is 138 cm³/mol. The van der Waals surface area contributed by atoms with E-state index in [4.69, 9.17) is 9.47 Å². The molecule has 6 heteroatoms. The molecule has 2 aromatic carbocycles. The monoisotopic (exact) mass is 478 g/mol. The quantitative estimate of drug-likeness (QED) is 0.560. The van der Waals surface area contributed by atoms with Crippen molar-refractivity contribution in [1.82, 2.24) is 0 Å². The molecule has 1 aliphatic rings. The minimum atomic E-state index is -0.521. The number of aliphatic hydroxyl groups is 1. The maximum Gasteiger partial charge on any atom is 0.202 e. The Balaban J connectivity index is 2.35. The molecule has 0 aliphatic heterocycles. The van der Waals surface area contributed by atoms with E-state index in [0.717, 1.165) is 16.7 Å². The van der Waals surface area contributed by atoms with E-state index in [9.17, 15) is 20.1 Å². The standard InChI is InChI=1S/C29H34O6/c1-9-34-21-12-17(16(5)15(3)4)11-19(30)23(21)25-27(32)26(28(25)33)24-20(31)13-18(29(6,7)8)14-22(24)35-10-2/h11-14,30-32H,3,9-10H2,1-2,4-8H3/b17-16-,25-23-. The number of rotatable bonds is 6. The lowest BCUT2D eigenvalue weighted by molar-refractivity contribution is -0.110. The van der Waals surface area contributed by atoms with Gasteiger partial charge in [0.25, 0.3) is 0 Å². The van der Waals surface area contributed by atoms with E-state index in [1.807, 2.05) is 34.6 Å². The van der Waals surface area contributed by atoms with Crippen LogP contribution in [-0.4, -0.2) is 34.3 Å². The lowest BCUT2D eigenvalue weighted by Gasteiger charge is -2.27. The maximum atomic E-state index is 13.4. The lowest BCUT2D eigenvalue weighted by Crippen LogP contribution is -2.29. The van der Waals surface area contributed by atoms with Crippen molar-refractivity contribution in [3.05, 3.63) is 63.7 Å². The average Bonchev–Trinajstić information content (AvgIpc) is 2.76. The highest BCUT2D eigenvalue weighted by atomic mass is 16.5. The molecule has 0 saturated carbocycles. The van der Waals surface area contributed by atoms with Crippen molar-refractivity contribution >= 4 is 22.5 Å². The summed E-state index contributed by atoms with van der Waals surface area (Å²) in [6.45, 7) is 17.9. The first kappa shape index (κ1) is 25.9. The van der Waals surface area contributed by atoms with Crippen LogP contribution in [0, 0.1) is 0 Å². The van der Waals surface area contributed by atoms with Crippen molar-refractivity contribution in [2.75, 3.05) is 13.2 Å². The van der Waals surface area contributed by atoms with Gasteiger partial charge in [-0.2, -0.15) is 0 Å². The molecule has 0 amide bonds. The lowest BCUT2D eigenvalue weighted by atomic mass is 9.79. The number of ether oxygens (including phenoxy) is 2. The first-order valence-corrected chi connectivity index (χ1v) is 11.7. The van der Waals surface area contributed by atoms with Gasteiger partial charge in [-0.25, -0.2) is 0 Å². The molecule has 0 unspecified atom stereocenters. The van der Waals surface area contributed by atoms with Crippen molar-refractivity contribution in [2.24, 2.45) is 0 Å². The molecular weight excluding hydrogens is 444 g/mol. The number of phenols is 2. The van der Waals surface area contributed by atoms with Gasteiger partial charge in [0.05, 0.1) is 35.1 Å². The van der Waals surface area contributed by atoms with Gasteiger partial charge in [-0.1, -0.05) is 32.9 Å². The van der Waals surface area contributed by atoms with Crippen LogP contribution < -0.4 is 19.9 Å². The molecule has 0 spiro atoms. The number of phenolic OH excluding ortho intramolecular Hbond substituents is 2. The van der Waals surface area contributed by atoms with E-state index in [1.165, 1.54) is 6.07 Å². The Hall–Kier alpha value is -3.67. The summed E-state index contributed by atoms with van der Waals surface area (Å²) in [7, 11) is 0. The van der Waals surface area contributed by atoms with Crippen LogP contribution in [-0.2, 0) is 10.2 Å². The fourth-order valence-electron chi connectivity index (χ4n) is 4.01. The fraction of sp³-hybridized carbons (Fsp3) is 0.345. The van der Waals surface area contributed by atoms with Gasteiger partial charge in [0.1, 0.15) is 28.8 Å². The molecule has 0 heterocycles. The van der Waals surface area contributed by atoms with E-state index in [1.54, 1.807) is 32.0 Å². The Labute approximate surface area is 206 Å². The number of carbonyl (C=O) groups excluding carboxylic acids is 1. The van der Waals surface area contributed by atoms with Crippen molar-refractivity contribution in [3.63, 3.8) is 0 Å². The molecule has 0 bridgehead atoms. The topological polar surface area (TPSA) is 96.2 Å². The van der Waals surface area contributed by atoms with Crippen LogP contribution in [0.3, 0.4) is 0 Å². The normalized spacial score (nSPS) is 16.1. The molecule has 1 aliphatic carbocycles. The van der Waals surface area contributed by atoms with Gasteiger partial charge in [0, 0.05) is 0 Å². The molecule has 0 saturated heterocycles. The van der Waals surface area contributed by atoms with Crippen LogP contribution in [0.5, 0.6) is 23.0 Å². The molecular formula is C29H34O6. The van der Waals surface area contributed by atoms with Crippen LogP contribution in [0.4, 0.5) is 0 Å². The van der Waals surface area contributed by atoms with Gasteiger partial charge in [-0.05, 0) is 73.7 Å². The fourth-order valence-corrected chi connectivity index (χ4v) is 4.01. The molecule has 6 nitrogen and oxygen atoms in total. The van der Waals surface area contributed by atoms with Gasteiger partial charge in [-0.3, -0.25) is 4.79 Å². The third-order valence-electron chi connectivity index (χ3n) is 6.13. The summed E-state index contributed by atoms with van der Waals surface area (Å²) < 4.78 is 11.5. The summed E-state index contributed by atoms with van der Waals surface area (Å²) in [5.41, 5.74) is 2.26. The van der Waals surface area contributed by atoms with Gasteiger partial charge in [0.15, 0.2) is 0 Å². The Morgan fingerprint density at radius 2 is 1.49 bits per heavy atom. The van der Waals surface area contributed by atoms with E-state index in [0.29, 0.717) is 24.2 Å². The highest BCUT2D eigenvalue weighted by Gasteiger charge is 2.40. The summed E-state index contributed by atoms with van der Waals surface area (Å²) in [5, 5.41) is 33.6. The molecule has 2 aromatic rings. The molecule has 0 fully saturated rings. The van der Waals surface area contributed by atoms with Crippen molar-refractivity contribution in [2.45, 2.75) is 53.9 Å². The SMILES string of the molecule is C=C(C)/C(C)=c1/cc(O)/c(=C2/C(=O)C(c3c(O)cc(C(C)(C)C)cc3OCC)=C2O)c(OCC)c1. The molecule has 0 aromatic heterocycles. The van der Waals surface area contributed by atoms with Gasteiger partial charge in [0.2, 0.25) is 5.78 Å². The van der Waals surface area contributed by atoms with Gasteiger partial charge < -0.3 is 24.8 Å². The summed E-state index contributed by atoms with van der Waals surface area (Å²) in [4.78, 5) is 13.4. The first-order valence-electron chi connectivity index (χ1n) is 11.7. The number of ketones is 1. The number of hydrogen-bond donors (Lipinski definition) is 3. The van der Waals surface area contributed by atoms with E-state index in [-0.39, 0.29) is 50.4 Å². The Morgan fingerprint density at radius 3 is 2.00 bits per heavy atom. The maximum absolute atomic E-state index is 13.4. The molecule has 0 atom stereocenters. The molecule has 3 N–H and O–H groups in total. The molecule has 186 valence electrons. The van der Waals surface area contributed by atoms with Crippen LogP contribution >= 0.6 is 0 Å². The Kier molecular flexibility index (Phi) is 7.06. The zero-order chi connectivity index (χ0) is 26.2. The summed E-state index contributed by atoms with van der Waals surface area (Å²) in [5.74, 6) is -0.632. The molecule has 3 rings (SSSR count). The third kappa shape index (κ3) is 4.65. The average molecular weight is 479 g/mol. The largest absolute Gasteiger partial charge is 0.507 e. The minimum Gasteiger partial charge on any atom is -0.507 e. The summed E-state index contributed by atoms with van der Waals surface area (Å²) in [6, 6.07) is 6.60. The second-order valence-electron chi connectivity index (χ2n) is 9.69. The zero-order valence-electron chi connectivity index (χ0n) is 21.5. The van der Waals surface area contributed by atoms with Crippen LogP contribution in [0.15, 0.2) is 42.2 Å². The smallest absolute Gasteiger partial charge is 0.202 e. The van der Waals surface area contributed by atoms with Gasteiger partial charge >= 0.3 is 0 Å². The van der Waals surface area contributed by atoms with Crippen molar-refractivity contribution in [1.29, 1.82) is 0 Å². The number of allylic oxidation sites excluding steroid dienone is 3. The molecule has 0 radical (unpaired) electrons. The number of Topliss-reactive ketones (excluding diaryl/α,β-unsaturated/α-hetero) is 1. The van der Waals surface area contributed by atoms with E-state index in [2.05, 4.69) is 6.58 Å². The number of carbonyl (C=O) groups is 1. The van der Waals surface area contributed by atoms with Crippen LogP contribution in [0.25, 0.3) is 16.7 Å². The second kappa shape index (κ2) is 9.53. The Morgan fingerprint density at radius 1 is 0.886 bits per heavy atom. The zero-order valence-corrected chi connectivity index (χ0v) is 21.5. The van der Waals surface area contributed by atoms with E-state index >= 15 is 0 Å². The minimum absolute atomic E-state index is 0.0583. The predicted octanol–water partition coefficient (Wildman–Crippen LogP) is 4.64. The second-order valence-corrected chi connectivity index (χ2v) is 9.69.